The molecule has 0 spiro atoms. The number of amides is 1. The smallest absolute Gasteiger partial charge is 0.257 e. The summed E-state index contributed by atoms with van der Waals surface area (Å²) in [6, 6.07) is 12.2. The summed E-state index contributed by atoms with van der Waals surface area (Å²) in [5.74, 6) is -0.442. The number of anilines is 2. The molecule has 162 valence electrons. The third-order valence-corrected chi connectivity index (χ3v) is 7.53. The van der Waals surface area contributed by atoms with Crippen LogP contribution >= 0.6 is 11.6 Å². The number of benzene rings is 2. The number of rotatable bonds is 7. The van der Waals surface area contributed by atoms with E-state index in [1.54, 1.807) is 0 Å². The van der Waals surface area contributed by atoms with Crippen molar-refractivity contribution in [2.45, 2.75) is 44.6 Å². The van der Waals surface area contributed by atoms with Gasteiger partial charge in [0.25, 0.3) is 5.91 Å². The highest BCUT2D eigenvalue weighted by atomic mass is 35.5. The zero-order valence-electron chi connectivity index (χ0n) is 17.6. The molecule has 0 aromatic heterocycles. The lowest BCUT2D eigenvalue weighted by Gasteiger charge is -2.27. The molecule has 1 fully saturated rings. The molecular formula is C22H28ClN3O3S. The van der Waals surface area contributed by atoms with Gasteiger partial charge in [0.2, 0.25) is 10.0 Å². The van der Waals surface area contributed by atoms with E-state index in [-0.39, 0.29) is 15.5 Å². The van der Waals surface area contributed by atoms with Crippen molar-refractivity contribution >= 4 is 38.9 Å². The van der Waals surface area contributed by atoms with Crippen LogP contribution in [0.4, 0.5) is 11.4 Å². The lowest BCUT2D eigenvalue weighted by Crippen LogP contribution is -2.30. The average molecular weight is 450 g/mol. The van der Waals surface area contributed by atoms with E-state index in [0.29, 0.717) is 24.8 Å². The number of hydrogen-bond acceptors (Lipinski definition) is 4. The normalized spacial score (nSPS) is 14.8. The molecule has 8 heteroatoms. The fraction of sp³-hybridized carbons (Fsp3) is 0.409. The summed E-state index contributed by atoms with van der Waals surface area (Å²) in [5, 5.41) is 3.02. The van der Waals surface area contributed by atoms with Crippen LogP contribution in [-0.2, 0) is 10.0 Å². The van der Waals surface area contributed by atoms with Crippen LogP contribution in [0.15, 0.2) is 47.4 Å². The summed E-state index contributed by atoms with van der Waals surface area (Å²) in [6.45, 7) is 8.25. The van der Waals surface area contributed by atoms with Crippen molar-refractivity contribution in [3.63, 3.8) is 0 Å². The fourth-order valence-corrected chi connectivity index (χ4v) is 5.44. The summed E-state index contributed by atoms with van der Waals surface area (Å²) in [5.41, 5.74) is 1.83. The molecule has 3 rings (SSSR count). The molecule has 1 N–H and O–H groups in total. The van der Waals surface area contributed by atoms with Crippen LogP contribution in [0.5, 0.6) is 0 Å². The van der Waals surface area contributed by atoms with Gasteiger partial charge >= 0.3 is 0 Å². The minimum atomic E-state index is -3.62. The van der Waals surface area contributed by atoms with Crippen LogP contribution < -0.4 is 10.2 Å². The molecule has 1 aliphatic heterocycles. The topological polar surface area (TPSA) is 69.7 Å². The van der Waals surface area contributed by atoms with Crippen LogP contribution in [-0.4, -0.2) is 44.3 Å². The van der Waals surface area contributed by atoms with Crippen LogP contribution in [0.1, 0.15) is 44.0 Å². The Hall–Kier alpha value is -2.09. The highest BCUT2D eigenvalue weighted by Gasteiger charge is 2.28. The molecular weight excluding hydrogens is 422 g/mol. The molecule has 30 heavy (non-hydrogen) atoms. The van der Waals surface area contributed by atoms with Gasteiger partial charge in [-0.2, -0.15) is 4.31 Å². The molecule has 0 unspecified atom stereocenters. The minimum absolute atomic E-state index is 0.0878. The van der Waals surface area contributed by atoms with Gasteiger partial charge in [0.1, 0.15) is 0 Å². The van der Waals surface area contributed by atoms with Gasteiger partial charge in [-0.05, 0) is 76.1 Å². The first-order valence-corrected chi connectivity index (χ1v) is 12.0. The largest absolute Gasteiger partial charge is 0.369 e. The number of nitrogens with zero attached hydrogens (tertiary/aromatic N) is 2. The van der Waals surface area contributed by atoms with Crippen molar-refractivity contribution in [3.05, 3.63) is 53.1 Å². The summed E-state index contributed by atoms with van der Waals surface area (Å²) in [6.07, 6.45) is 1.70. The van der Waals surface area contributed by atoms with Crippen LogP contribution in [0.25, 0.3) is 0 Å². The minimum Gasteiger partial charge on any atom is -0.369 e. The number of carbonyl (C=O) groups is 1. The van der Waals surface area contributed by atoms with E-state index in [1.807, 2.05) is 24.3 Å². The van der Waals surface area contributed by atoms with Crippen molar-refractivity contribution in [1.82, 2.24) is 4.31 Å². The maximum absolute atomic E-state index is 12.8. The van der Waals surface area contributed by atoms with E-state index < -0.39 is 15.9 Å². The molecule has 1 amide bonds. The molecule has 2 aromatic carbocycles. The molecule has 0 aliphatic carbocycles. The van der Waals surface area contributed by atoms with Gasteiger partial charge in [-0.3, -0.25) is 4.79 Å². The summed E-state index contributed by atoms with van der Waals surface area (Å²) < 4.78 is 27.1. The number of carbonyl (C=O) groups excluding carboxylic acids is 1. The number of hydrogen-bond donors (Lipinski definition) is 1. The van der Waals surface area contributed by atoms with Crippen LogP contribution in [0.2, 0.25) is 5.02 Å². The van der Waals surface area contributed by atoms with Crippen molar-refractivity contribution < 1.29 is 13.2 Å². The highest BCUT2D eigenvalue weighted by molar-refractivity contribution is 7.89. The SMILES string of the molecule is CCN(c1ccc(NC(=O)c2cc(S(=O)(=O)N3CCCC3)ccc2Cl)cc1)C(C)C. The quantitative estimate of drug-likeness (QED) is 0.670. The van der Waals surface area contributed by atoms with Gasteiger partial charge in [-0.15, -0.1) is 0 Å². The lowest BCUT2D eigenvalue weighted by molar-refractivity contribution is 0.102. The van der Waals surface area contributed by atoms with E-state index in [4.69, 9.17) is 11.6 Å². The standard InChI is InChI=1S/C22H28ClN3O3S/c1-4-26(16(2)3)18-9-7-17(8-10-18)24-22(27)20-15-19(11-12-21(20)23)30(28,29)25-13-5-6-14-25/h7-12,15-16H,4-6,13-14H2,1-3H3,(H,24,27). The predicted octanol–water partition coefficient (Wildman–Crippen LogP) is 4.61. The molecule has 0 radical (unpaired) electrons. The van der Waals surface area contributed by atoms with Gasteiger partial charge in [-0.25, -0.2) is 8.42 Å². The highest BCUT2D eigenvalue weighted by Crippen LogP contribution is 2.26. The molecule has 0 atom stereocenters. The van der Waals surface area contributed by atoms with Crippen LogP contribution in [0.3, 0.4) is 0 Å². The third kappa shape index (κ3) is 4.79. The predicted molar refractivity (Wildman–Crippen MR) is 122 cm³/mol. The van der Waals surface area contributed by atoms with E-state index >= 15 is 0 Å². The van der Waals surface area contributed by atoms with E-state index in [1.165, 1.54) is 22.5 Å². The molecule has 1 heterocycles. The van der Waals surface area contributed by atoms with Gasteiger partial charge in [0.05, 0.1) is 15.5 Å². The first-order valence-electron chi connectivity index (χ1n) is 10.2. The Morgan fingerprint density at radius 1 is 1.13 bits per heavy atom. The van der Waals surface area contributed by atoms with Crippen molar-refractivity contribution in [1.29, 1.82) is 0 Å². The van der Waals surface area contributed by atoms with Gasteiger partial charge in [0, 0.05) is 37.1 Å². The van der Waals surface area contributed by atoms with Gasteiger partial charge < -0.3 is 10.2 Å². The maximum atomic E-state index is 12.8. The molecule has 0 bridgehead atoms. The second-order valence-electron chi connectivity index (χ2n) is 7.63. The Labute approximate surface area is 183 Å². The van der Waals surface area contributed by atoms with E-state index in [0.717, 1.165) is 25.1 Å². The summed E-state index contributed by atoms with van der Waals surface area (Å²) >= 11 is 6.21. The fourth-order valence-electron chi connectivity index (χ4n) is 3.70. The Morgan fingerprint density at radius 3 is 2.33 bits per heavy atom. The maximum Gasteiger partial charge on any atom is 0.257 e. The van der Waals surface area contributed by atoms with E-state index in [2.05, 4.69) is 31.0 Å². The third-order valence-electron chi connectivity index (χ3n) is 5.31. The zero-order chi connectivity index (χ0) is 21.9. The van der Waals surface area contributed by atoms with Crippen molar-refractivity contribution in [3.8, 4) is 0 Å². The Kier molecular flexibility index (Phi) is 7.06. The van der Waals surface area contributed by atoms with Gasteiger partial charge in [-0.1, -0.05) is 11.6 Å². The van der Waals surface area contributed by atoms with Crippen LogP contribution in [0, 0.1) is 0 Å². The Balaban J connectivity index is 1.80. The first kappa shape index (κ1) is 22.6. The monoisotopic (exact) mass is 449 g/mol. The first-order chi connectivity index (χ1) is 14.2. The second kappa shape index (κ2) is 9.37. The van der Waals surface area contributed by atoms with Crippen molar-refractivity contribution in [2.75, 3.05) is 29.9 Å². The second-order valence-corrected chi connectivity index (χ2v) is 9.98. The molecule has 1 saturated heterocycles. The number of nitrogens with one attached hydrogen (secondary N) is 1. The summed E-state index contributed by atoms with van der Waals surface area (Å²) in [7, 11) is -3.62. The average Bonchev–Trinajstić information content (AvgIpc) is 3.25. The number of halogens is 1. The zero-order valence-corrected chi connectivity index (χ0v) is 19.1. The molecule has 2 aromatic rings. The van der Waals surface area contributed by atoms with Gasteiger partial charge in [0.15, 0.2) is 0 Å². The lowest BCUT2D eigenvalue weighted by atomic mass is 10.2. The Morgan fingerprint density at radius 2 is 1.77 bits per heavy atom. The molecule has 0 saturated carbocycles. The van der Waals surface area contributed by atoms with Crippen molar-refractivity contribution in [2.24, 2.45) is 0 Å². The van der Waals surface area contributed by atoms with E-state index in [9.17, 15) is 13.2 Å². The summed E-state index contributed by atoms with van der Waals surface area (Å²) in [4.78, 5) is 15.1. The molecule has 6 nitrogen and oxygen atoms in total. The Bertz CT molecular complexity index is 1000. The number of sulfonamides is 1. The molecule has 1 aliphatic rings.